The molecular weight excluding hydrogens is 164 g/mol. The molecule has 0 N–H and O–H groups in total. The van der Waals surface area contributed by atoms with Crippen LogP contribution in [0.4, 0.5) is 0 Å². The molecule has 1 aliphatic rings. The zero-order chi connectivity index (χ0) is 6.04. The summed E-state index contributed by atoms with van der Waals surface area (Å²) >= 11 is 3.74. The number of rotatable bonds is 1. The minimum Gasteiger partial charge on any atom is -0.0853 e. The summed E-state index contributed by atoms with van der Waals surface area (Å²) in [6, 6.07) is 0. The summed E-state index contributed by atoms with van der Waals surface area (Å²) in [6.07, 6.45) is 6.94. The smallest absolute Gasteiger partial charge is 0.0255 e. The maximum Gasteiger partial charge on any atom is 0.0255 e. The number of hydrogen-bond acceptors (Lipinski definition) is 0. The van der Waals surface area contributed by atoms with Crippen LogP contribution in [0.3, 0.4) is 0 Å². The van der Waals surface area contributed by atoms with Crippen molar-refractivity contribution >= 4 is 15.9 Å². The molecule has 0 saturated heterocycles. The van der Waals surface area contributed by atoms with Crippen molar-refractivity contribution in [1.82, 2.24) is 0 Å². The Bertz CT molecular complexity index is 72.5. The van der Waals surface area contributed by atoms with Gasteiger partial charge in [-0.25, -0.2) is 0 Å². The first-order valence-electron chi connectivity index (χ1n) is 3.46. The fourth-order valence-corrected chi connectivity index (χ4v) is 1.92. The van der Waals surface area contributed by atoms with Gasteiger partial charge in [-0.15, -0.1) is 0 Å². The molecule has 1 rings (SSSR count). The Morgan fingerprint density at radius 1 is 1.38 bits per heavy atom. The minimum atomic E-state index is 0.549. The van der Waals surface area contributed by atoms with Crippen LogP contribution in [0.2, 0.25) is 0 Å². The number of hydrogen-bond donors (Lipinski definition) is 0. The highest BCUT2D eigenvalue weighted by molar-refractivity contribution is 9.10. The zero-order valence-corrected chi connectivity index (χ0v) is 7.00. The first-order valence-corrected chi connectivity index (χ1v) is 4.25. The van der Waals surface area contributed by atoms with E-state index < -0.39 is 0 Å². The maximum absolute atomic E-state index is 3.74. The lowest BCUT2D eigenvalue weighted by Crippen LogP contribution is -2.12. The van der Waals surface area contributed by atoms with Crippen LogP contribution < -0.4 is 0 Å². The van der Waals surface area contributed by atoms with E-state index >= 15 is 0 Å². The van der Waals surface area contributed by atoms with Gasteiger partial charge in [0.15, 0.2) is 0 Å². The summed E-state index contributed by atoms with van der Waals surface area (Å²) in [5, 5.41) is 0. The van der Waals surface area contributed by atoms with Crippen molar-refractivity contribution in [1.29, 1.82) is 0 Å². The zero-order valence-electron chi connectivity index (χ0n) is 5.41. The van der Waals surface area contributed by atoms with Gasteiger partial charge in [-0.1, -0.05) is 35.7 Å². The SMILES string of the molecule is CCC1(Br)CCCC1. The van der Waals surface area contributed by atoms with Crippen molar-refractivity contribution in [2.24, 2.45) is 0 Å². The van der Waals surface area contributed by atoms with E-state index in [0.29, 0.717) is 4.32 Å². The monoisotopic (exact) mass is 176 g/mol. The van der Waals surface area contributed by atoms with E-state index in [0.717, 1.165) is 0 Å². The number of alkyl halides is 1. The molecule has 1 heteroatoms. The molecule has 0 radical (unpaired) electrons. The lowest BCUT2D eigenvalue weighted by atomic mass is 10.1. The van der Waals surface area contributed by atoms with E-state index in [2.05, 4.69) is 22.9 Å². The molecule has 0 amide bonds. The van der Waals surface area contributed by atoms with Crippen LogP contribution in [-0.2, 0) is 0 Å². The molecule has 1 aliphatic carbocycles. The summed E-state index contributed by atoms with van der Waals surface area (Å²) in [5.74, 6) is 0. The molecule has 0 unspecified atom stereocenters. The van der Waals surface area contributed by atoms with E-state index in [1.807, 2.05) is 0 Å². The molecule has 0 nitrogen and oxygen atoms in total. The van der Waals surface area contributed by atoms with Crippen LogP contribution in [0, 0.1) is 0 Å². The molecule has 0 aromatic heterocycles. The summed E-state index contributed by atoms with van der Waals surface area (Å²) in [7, 11) is 0. The highest BCUT2D eigenvalue weighted by Gasteiger charge is 2.27. The highest BCUT2D eigenvalue weighted by Crippen LogP contribution is 2.39. The lowest BCUT2D eigenvalue weighted by Gasteiger charge is -2.17. The Balaban J connectivity index is 2.40. The second-order valence-electron chi connectivity index (χ2n) is 2.71. The molecule has 0 aliphatic heterocycles. The van der Waals surface area contributed by atoms with E-state index in [1.165, 1.54) is 32.1 Å². The molecule has 0 heterocycles. The van der Waals surface area contributed by atoms with Gasteiger partial charge >= 0.3 is 0 Å². The van der Waals surface area contributed by atoms with Gasteiger partial charge in [0, 0.05) is 4.32 Å². The van der Waals surface area contributed by atoms with E-state index in [1.54, 1.807) is 0 Å². The van der Waals surface area contributed by atoms with Crippen molar-refractivity contribution < 1.29 is 0 Å². The fraction of sp³-hybridized carbons (Fsp3) is 1.00. The molecule has 0 spiro atoms. The third-order valence-corrected chi connectivity index (χ3v) is 3.49. The van der Waals surface area contributed by atoms with Gasteiger partial charge in [0.25, 0.3) is 0 Å². The maximum atomic E-state index is 3.74. The molecule has 1 saturated carbocycles. The average molecular weight is 177 g/mol. The highest BCUT2D eigenvalue weighted by atomic mass is 79.9. The lowest BCUT2D eigenvalue weighted by molar-refractivity contribution is 0.602. The van der Waals surface area contributed by atoms with Crippen molar-refractivity contribution in [3.8, 4) is 0 Å². The van der Waals surface area contributed by atoms with Crippen LogP contribution in [0.5, 0.6) is 0 Å². The molecule has 0 aromatic carbocycles. The van der Waals surface area contributed by atoms with Gasteiger partial charge in [0.1, 0.15) is 0 Å². The minimum absolute atomic E-state index is 0.549. The Kier molecular flexibility index (Phi) is 1.97. The fourth-order valence-electron chi connectivity index (χ4n) is 1.36. The summed E-state index contributed by atoms with van der Waals surface area (Å²) in [5.41, 5.74) is 0. The standard InChI is InChI=1S/C7H13Br/c1-2-7(8)5-3-4-6-7/h2-6H2,1H3. The first kappa shape index (κ1) is 6.60. The molecule has 8 heavy (non-hydrogen) atoms. The third-order valence-electron chi connectivity index (χ3n) is 2.13. The van der Waals surface area contributed by atoms with Crippen LogP contribution >= 0.6 is 15.9 Å². The predicted molar refractivity (Wildman–Crippen MR) is 40.4 cm³/mol. The largest absolute Gasteiger partial charge is 0.0853 e. The predicted octanol–water partition coefficient (Wildman–Crippen LogP) is 3.10. The van der Waals surface area contributed by atoms with Crippen LogP contribution in [0.1, 0.15) is 39.0 Å². The Hall–Kier alpha value is 0.480. The van der Waals surface area contributed by atoms with E-state index in [9.17, 15) is 0 Å². The van der Waals surface area contributed by atoms with Crippen LogP contribution in [-0.4, -0.2) is 4.32 Å². The summed E-state index contributed by atoms with van der Waals surface area (Å²) in [6.45, 7) is 2.26. The van der Waals surface area contributed by atoms with E-state index in [-0.39, 0.29) is 0 Å². The van der Waals surface area contributed by atoms with Crippen LogP contribution in [0.15, 0.2) is 0 Å². The second-order valence-corrected chi connectivity index (χ2v) is 4.39. The summed E-state index contributed by atoms with van der Waals surface area (Å²) < 4.78 is 0.549. The van der Waals surface area contributed by atoms with E-state index in [4.69, 9.17) is 0 Å². The van der Waals surface area contributed by atoms with Gasteiger partial charge < -0.3 is 0 Å². The summed E-state index contributed by atoms with van der Waals surface area (Å²) in [4.78, 5) is 0. The first-order chi connectivity index (χ1) is 3.77. The van der Waals surface area contributed by atoms with Crippen LogP contribution in [0.25, 0.3) is 0 Å². The molecule has 1 fully saturated rings. The Morgan fingerprint density at radius 2 is 1.88 bits per heavy atom. The Labute approximate surface area is 59.8 Å². The Morgan fingerprint density at radius 3 is 2.12 bits per heavy atom. The van der Waals surface area contributed by atoms with Crippen molar-refractivity contribution in [2.75, 3.05) is 0 Å². The second kappa shape index (κ2) is 2.38. The quantitative estimate of drug-likeness (QED) is 0.540. The van der Waals surface area contributed by atoms with Gasteiger partial charge in [-0.2, -0.15) is 0 Å². The normalized spacial score (nSPS) is 26.2. The topological polar surface area (TPSA) is 0 Å². The number of halogens is 1. The van der Waals surface area contributed by atoms with Crippen molar-refractivity contribution in [3.63, 3.8) is 0 Å². The molecule has 0 aromatic rings. The molecule has 48 valence electrons. The van der Waals surface area contributed by atoms with Gasteiger partial charge in [-0.3, -0.25) is 0 Å². The van der Waals surface area contributed by atoms with Gasteiger partial charge in [0.2, 0.25) is 0 Å². The van der Waals surface area contributed by atoms with Crippen molar-refractivity contribution in [3.05, 3.63) is 0 Å². The molecule has 0 bridgehead atoms. The average Bonchev–Trinajstić information content (AvgIpc) is 2.17. The third kappa shape index (κ3) is 1.25. The van der Waals surface area contributed by atoms with Crippen molar-refractivity contribution in [2.45, 2.75) is 43.4 Å². The molecule has 0 atom stereocenters. The molecular formula is C7H13Br. The van der Waals surface area contributed by atoms with Gasteiger partial charge in [0.05, 0.1) is 0 Å². The van der Waals surface area contributed by atoms with Gasteiger partial charge in [-0.05, 0) is 19.3 Å².